The molecule has 1 aliphatic heterocycles. The first-order valence-corrected chi connectivity index (χ1v) is 9.58. The van der Waals surface area contributed by atoms with Gasteiger partial charge in [0.2, 0.25) is 11.9 Å². The summed E-state index contributed by atoms with van der Waals surface area (Å²) in [4.78, 5) is 28.5. The van der Waals surface area contributed by atoms with Crippen LogP contribution < -0.4 is 16.0 Å². The number of rotatable bonds is 5. The fraction of sp³-hybridized carbons (Fsp3) is 0.300. The predicted octanol–water partition coefficient (Wildman–Crippen LogP) is 0.640. The highest BCUT2D eigenvalue weighted by Gasteiger charge is 2.26. The van der Waals surface area contributed by atoms with Crippen molar-refractivity contribution in [1.82, 2.24) is 19.9 Å². The van der Waals surface area contributed by atoms with Crippen molar-refractivity contribution in [3.05, 3.63) is 59.8 Å². The Bertz CT molecular complexity index is 982. The van der Waals surface area contributed by atoms with Gasteiger partial charge in [0.25, 0.3) is 5.91 Å². The van der Waals surface area contributed by atoms with Crippen LogP contribution in [0, 0.1) is 6.92 Å². The third kappa shape index (κ3) is 4.52. The van der Waals surface area contributed by atoms with Crippen molar-refractivity contribution < 1.29 is 14.1 Å². The number of aryl methyl sites for hydroxylation is 1. The summed E-state index contributed by atoms with van der Waals surface area (Å²) in [6.45, 7) is 5.56. The number of quaternary nitrogens is 1. The zero-order valence-electron chi connectivity index (χ0n) is 16.3. The van der Waals surface area contributed by atoms with Crippen LogP contribution in [0.5, 0.6) is 0 Å². The molecule has 4 N–H and O–H groups in total. The summed E-state index contributed by atoms with van der Waals surface area (Å²) in [6, 6.07) is 11.3. The molecule has 0 bridgehead atoms. The van der Waals surface area contributed by atoms with E-state index in [-0.39, 0.29) is 11.9 Å². The normalized spacial score (nSPS) is 14.7. The van der Waals surface area contributed by atoms with E-state index < -0.39 is 0 Å². The predicted molar refractivity (Wildman–Crippen MR) is 108 cm³/mol. The molecule has 0 radical (unpaired) electrons. The van der Waals surface area contributed by atoms with Crippen molar-refractivity contribution >= 4 is 23.5 Å². The van der Waals surface area contributed by atoms with Crippen molar-refractivity contribution in [1.29, 1.82) is 0 Å². The lowest BCUT2D eigenvalue weighted by Gasteiger charge is -2.31. The molecule has 0 atom stereocenters. The molecule has 9 nitrogen and oxygen atoms in total. The SMILES string of the molecule is Cc1ccccc1Nc1nc(N)nc(C[NH+]2CCN(C(=O)c3ccco3)CC2)n1. The molecule has 3 heterocycles. The van der Waals surface area contributed by atoms with Crippen molar-refractivity contribution in [3.63, 3.8) is 0 Å². The minimum atomic E-state index is -0.0665. The maximum absolute atomic E-state index is 12.4. The molecular weight excluding hydrogens is 370 g/mol. The number of benzene rings is 1. The van der Waals surface area contributed by atoms with Crippen LogP contribution in [0.4, 0.5) is 17.6 Å². The van der Waals surface area contributed by atoms with Gasteiger partial charge in [-0.3, -0.25) is 4.79 Å². The maximum atomic E-state index is 12.4. The fourth-order valence-electron chi connectivity index (χ4n) is 3.39. The van der Waals surface area contributed by atoms with E-state index in [4.69, 9.17) is 10.2 Å². The van der Waals surface area contributed by atoms with Gasteiger partial charge in [-0.25, -0.2) is 0 Å². The first kappa shape index (κ1) is 18.9. The van der Waals surface area contributed by atoms with Crippen LogP contribution in [0.15, 0.2) is 47.1 Å². The number of aromatic nitrogens is 3. The number of hydrogen-bond acceptors (Lipinski definition) is 7. The largest absolute Gasteiger partial charge is 0.459 e. The third-order valence-electron chi connectivity index (χ3n) is 4.99. The van der Waals surface area contributed by atoms with E-state index in [1.54, 1.807) is 12.1 Å². The molecule has 1 aromatic carbocycles. The van der Waals surface area contributed by atoms with Crippen molar-refractivity contribution in [3.8, 4) is 0 Å². The van der Waals surface area contributed by atoms with Crippen LogP contribution in [0.3, 0.4) is 0 Å². The standard InChI is InChI=1S/C20H23N7O2/c1-14-5-2-3-6-15(14)22-20-24-17(23-19(21)25-20)13-26-8-10-27(11-9-26)18(28)16-7-4-12-29-16/h2-7,12H,8-11,13H2,1H3,(H3,21,22,23,24,25)/p+1. The average Bonchev–Trinajstić information content (AvgIpc) is 3.24. The van der Waals surface area contributed by atoms with E-state index in [1.165, 1.54) is 11.2 Å². The molecule has 2 aromatic heterocycles. The van der Waals surface area contributed by atoms with Crippen LogP contribution in [-0.2, 0) is 6.54 Å². The maximum Gasteiger partial charge on any atom is 0.289 e. The summed E-state index contributed by atoms with van der Waals surface area (Å²) in [5, 5.41) is 3.21. The van der Waals surface area contributed by atoms with E-state index >= 15 is 0 Å². The van der Waals surface area contributed by atoms with Crippen LogP contribution in [0.2, 0.25) is 0 Å². The Kier molecular flexibility index (Phi) is 5.39. The molecule has 1 amide bonds. The summed E-state index contributed by atoms with van der Waals surface area (Å²) in [5.41, 5.74) is 7.92. The topological polar surface area (TPSA) is 115 Å². The Morgan fingerprint density at radius 1 is 1.17 bits per heavy atom. The second kappa shape index (κ2) is 8.27. The number of furan rings is 1. The Morgan fingerprint density at radius 2 is 1.97 bits per heavy atom. The number of nitrogen functional groups attached to an aromatic ring is 1. The molecule has 1 fully saturated rings. The quantitative estimate of drug-likeness (QED) is 0.582. The Labute approximate surface area is 168 Å². The number of carbonyl (C=O) groups is 1. The lowest BCUT2D eigenvalue weighted by atomic mass is 10.2. The lowest BCUT2D eigenvalue weighted by Crippen LogP contribution is -3.13. The number of nitrogens with two attached hydrogens (primary N) is 1. The minimum absolute atomic E-state index is 0.0665. The number of amides is 1. The summed E-state index contributed by atoms with van der Waals surface area (Å²) >= 11 is 0. The van der Waals surface area contributed by atoms with Gasteiger partial charge >= 0.3 is 0 Å². The number of hydrogen-bond donors (Lipinski definition) is 3. The molecule has 1 saturated heterocycles. The molecule has 150 valence electrons. The number of piperazine rings is 1. The first-order chi connectivity index (χ1) is 14.1. The van der Waals surface area contributed by atoms with Gasteiger partial charge in [0, 0.05) is 5.69 Å². The van der Waals surface area contributed by atoms with E-state index in [0.29, 0.717) is 37.2 Å². The molecule has 0 spiro atoms. The third-order valence-corrected chi connectivity index (χ3v) is 4.99. The van der Waals surface area contributed by atoms with Crippen LogP contribution >= 0.6 is 0 Å². The summed E-state index contributed by atoms with van der Waals surface area (Å²) < 4.78 is 5.21. The molecular formula is C20H24N7O2+. The van der Waals surface area contributed by atoms with Crippen LogP contribution in [0.25, 0.3) is 0 Å². The van der Waals surface area contributed by atoms with Gasteiger partial charge in [0.05, 0.1) is 32.4 Å². The molecule has 4 rings (SSSR count). The minimum Gasteiger partial charge on any atom is -0.459 e. The van der Waals surface area contributed by atoms with Gasteiger partial charge in [-0.05, 0) is 30.7 Å². The molecule has 9 heteroatoms. The Hall–Kier alpha value is -3.46. The highest BCUT2D eigenvalue weighted by Crippen LogP contribution is 2.17. The lowest BCUT2D eigenvalue weighted by molar-refractivity contribution is -0.918. The Morgan fingerprint density at radius 3 is 2.69 bits per heavy atom. The summed E-state index contributed by atoms with van der Waals surface area (Å²) in [5.74, 6) is 1.58. The number of anilines is 3. The number of nitrogens with zero attached hydrogens (tertiary/aromatic N) is 4. The van der Waals surface area contributed by atoms with Gasteiger partial charge in [-0.2, -0.15) is 15.0 Å². The molecule has 29 heavy (non-hydrogen) atoms. The van der Waals surface area contributed by atoms with E-state index in [0.717, 1.165) is 24.3 Å². The van der Waals surface area contributed by atoms with Gasteiger partial charge in [-0.1, -0.05) is 18.2 Å². The van der Waals surface area contributed by atoms with Crippen LogP contribution in [0.1, 0.15) is 21.9 Å². The van der Waals surface area contributed by atoms with E-state index in [2.05, 4.69) is 20.3 Å². The first-order valence-electron chi connectivity index (χ1n) is 9.58. The second-order valence-electron chi connectivity index (χ2n) is 7.07. The molecule has 3 aromatic rings. The highest BCUT2D eigenvalue weighted by atomic mass is 16.3. The molecule has 0 aliphatic carbocycles. The molecule has 0 saturated carbocycles. The summed E-state index contributed by atoms with van der Waals surface area (Å²) in [7, 11) is 0. The van der Waals surface area contributed by atoms with Crippen molar-refractivity contribution in [2.75, 3.05) is 37.2 Å². The van der Waals surface area contributed by atoms with Crippen molar-refractivity contribution in [2.24, 2.45) is 0 Å². The van der Waals surface area contributed by atoms with Crippen LogP contribution in [-0.4, -0.2) is 51.9 Å². The fourth-order valence-corrected chi connectivity index (χ4v) is 3.39. The van der Waals surface area contributed by atoms with E-state index in [1.807, 2.05) is 36.1 Å². The van der Waals surface area contributed by atoms with Gasteiger partial charge in [0.1, 0.15) is 6.54 Å². The molecule has 0 unspecified atom stereocenters. The van der Waals surface area contributed by atoms with Gasteiger partial charge in [-0.15, -0.1) is 0 Å². The second-order valence-corrected chi connectivity index (χ2v) is 7.07. The van der Waals surface area contributed by atoms with Gasteiger partial charge in [0.15, 0.2) is 11.6 Å². The van der Waals surface area contributed by atoms with E-state index in [9.17, 15) is 4.79 Å². The highest BCUT2D eigenvalue weighted by molar-refractivity contribution is 5.91. The zero-order valence-corrected chi connectivity index (χ0v) is 16.3. The smallest absolute Gasteiger partial charge is 0.289 e. The zero-order chi connectivity index (χ0) is 20.2. The monoisotopic (exact) mass is 394 g/mol. The number of para-hydroxylation sites is 1. The Balaban J connectivity index is 1.38. The molecule has 1 aliphatic rings. The number of nitrogens with one attached hydrogen (secondary N) is 2. The number of carbonyl (C=O) groups excluding carboxylic acids is 1. The summed E-state index contributed by atoms with van der Waals surface area (Å²) in [6.07, 6.45) is 1.52. The van der Waals surface area contributed by atoms with Gasteiger partial charge < -0.3 is 25.3 Å². The average molecular weight is 394 g/mol. The van der Waals surface area contributed by atoms with Crippen molar-refractivity contribution in [2.45, 2.75) is 13.5 Å².